The molecule has 1 N–H and O–H groups in total. The van der Waals surface area contributed by atoms with Crippen LogP contribution < -0.4 is 9.21 Å². The van der Waals surface area contributed by atoms with Gasteiger partial charge in [-0.3, -0.25) is 29.0 Å². The quantitative estimate of drug-likeness (QED) is 0.163. The van der Waals surface area contributed by atoms with Gasteiger partial charge in [0.05, 0.1) is 21.4 Å². The number of likely N-dealkylation sites (N-methyl/N-ethyl adjacent to an activating group) is 2. The van der Waals surface area contributed by atoms with Gasteiger partial charge in [0.25, 0.3) is 33.7 Å². The van der Waals surface area contributed by atoms with Gasteiger partial charge in [0, 0.05) is 60.5 Å². The van der Waals surface area contributed by atoms with Crippen LogP contribution in [0.5, 0.6) is 0 Å². The lowest BCUT2D eigenvalue weighted by atomic mass is 9.70. The number of thioether (sulfide) groups is 2. The molecule has 2 unspecified atom stereocenters. The van der Waals surface area contributed by atoms with Gasteiger partial charge >= 0.3 is 11.6 Å². The van der Waals surface area contributed by atoms with Gasteiger partial charge in [0.15, 0.2) is 20.5 Å². The number of rotatable bonds is 5. The number of hydrogen-bond acceptors (Lipinski definition) is 13. The third kappa shape index (κ3) is 6.56. The fourth-order valence-corrected chi connectivity index (χ4v) is 22.6. The Bertz CT molecular complexity index is 3960. The van der Waals surface area contributed by atoms with Crippen LogP contribution in [0.4, 0.5) is 17.1 Å². The molecular formula is C58H47N7O8S6. The lowest BCUT2D eigenvalue weighted by Crippen LogP contribution is -2.72. The van der Waals surface area contributed by atoms with E-state index in [9.17, 15) is 27.6 Å². The third-order valence-electron chi connectivity index (χ3n) is 17.3. The van der Waals surface area contributed by atoms with E-state index in [0.717, 1.165) is 55.7 Å². The summed E-state index contributed by atoms with van der Waals surface area (Å²) in [6.45, 7) is 0. The minimum atomic E-state index is -4.11. The summed E-state index contributed by atoms with van der Waals surface area (Å²) in [6.07, 6.45) is 4.53. The van der Waals surface area contributed by atoms with E-state index < -0.39 is 59.1 Å². The van der Waals surface area contributed by atoms with E-state index in [1.165, 1.54) is 30.8 Å². The summed E-state index contributed by atoms with van der Waals surface area (Å²) in [5.41, 5.74) is 8.53. The van der Waals surface area contributed by atoms with Crippen LogP contribution in [0.25, 0.3) is 16.5 Å². The van der Waals surface area contributed by atoms with Crippen LogP contribution in [0.3, 0.4) is 0 Å². The Kier molecular flexibility index (Phi) is 11.6. The second kappa shape index (κ2) is 18.1. The highest BCUT2D eigenvalue weighted by molar-refractivity contribution is 8.78. The second-order valence-corrected chi connectivity index (χ2v) is 28.0. The first-order valence-corrected chi connectivity index (χ1v) is 31.9. The predicted molar refractivity (Wildman–Crippen MR) is 310 cm³/mol. The van der Waals surface area contributed by atoms with Crippen molar-refractivity contribution in [2.75, 3.05) is 28.4 Å². The summed E-state index contributed by atoms with van der Waals surface area (Å²) in [5.74, 6) is -0.310. The smallest absolute Gasteiger partial charge is 0.335 e. The number of aromatic amines is 1. The Balaban J connectivity index is 0.000000136. The monoisotopic (exact) mass is 1160 g/mol. The maximum Gasteiger partial charge on any atom is 0.335 e. The van der Waals surface area contributed by atoms with Crippen LogP contribution in [0, 0.1) is 0 Å². The fraction of sp³-hybridized carbons (Fsp3) is 0.241. The van der Waals surface area contributed by atoms with E-state index in [0.29, 0.717) is 30.0 Å². The summed E-state index contributed by atoms with van der Waals surface area (Å²) in [4.78, 5) is 67.3. The largest absolute Gasteiger partial charge is 0.361 e. The number of fused-ring (bicyclic) bond motifs is 13. The molecule has 2 spiro atoms. The standard InChI is InChI=1S/C29H24N4O2S2.C29H23N3O4S3.O2S/c1-31-25-24(34)33-26-28(16-29(33,27(31)35)37-17-36-25,21-15-30-22-13-7-5-11-19(21)22)20-12-6-8-14-23(20)32(26)18-9-3-2-4-10-18;1-30-25-24(33)31-26-28(17-29(31,27(30)34)38-37-25,21-16-15-18-9-5-6-12-20(18)21)22-13-7-8-14-23(22)32(26)39(35,36)19-10-3-2-4-11-19;1-3-2/h2-15,25-26,30H,16-17H2,1H3;2-14,16,25-26H,15,17H2,1H3;/t25-,26-,28?,29?;25-,26-,28-,29-;/m10./s1. The number of allylic oxidation sites excluding steroid dienone is 1. The van der Waals surface area contributed by atoms with E-state index >= 15 is 0 Å². The molecule has 15 nitrogen and oxygen atoms in total. The Morgan fingerprint density at radius 3 is 1.96 bits per heavy atom. The number of aromatic nitrogens is 1. The van der Waals surface area contributed by atoms with Gasteiger partial charge in [0.1, 0.15) is 12.3 Å². The number of piperazine rings is 2. The molecule has 6 aromatic carbocycles. The van der Waals surface area contributed by atoms with Crippen molar-refractivity contribution in [3.8, 4) is 0 Å². The van der Waals surface area contributed by atoms with Crippen molar-refractivity contribution in [3.63, 3.8) is 0 Å². The molecule has 8 atom stereocenters. The number of amides is 4. The van der Waals surface area contributed by atoms with E-state index in [4.69, 9.17) is 8.42 Å². The zero-order valence-electron chi connectivity index (χ0n) is 42.2. The van der Waals surface area contributed by atoms with Crippen LogP contribution in [0.15, 0.2) is 175 Å². The van der Waals surface area contributed by atoms with E-state index in [1.807, 2.05) is 65.6 Å². The molecule has 7 aromatic rings. The number of sulfonamides is 1. The van der Waals surface area contributed by atoms with Gasteiger partial charge in [-0.05, 0) is 82.3 Å². The van der Waals surface area contributed by atoms with Crippen molar-refractivity contribution < 1.29 is 36.0 Å². The van der Waals surface area contributed by atoms with Crippen molar-refractivity contribution >= 4 is 124 Å². The Morgan fingerprint density at radius 1 is 0.620 bits per heavy atom. The summed E-state index contributed by atoms with van der Waals surface area (Å²) in [5, 5.41) is 0.631. The van der Waals surface area contributed by atoms with E-state index in [1.54, 1.807) is 77.8 Å². The molecule has 8 saturated heterocycles. The number of para-hydroxylation sites is 4. The molecule has 79 heavy (non-hydrogen) atoms. The highest BCUT2D eigenvalue weighted by atomic mass is 33.1. The molecule has 21 heteroatoms. The molecule has 0 radical (unpaired) electrons. The molecule has 4 bridgehead atoms. The first kappa shape index (κ1) is 50.5. The number of carbonyl (C=O) groups is 4. The summed E-state index contributed by atoms with van der Waals surface area (Å²) >= 11 is 2.44. The number of nitrogens with one attached hydrogen (secondary N) is 1. The number of H-pyrrole nitrogens is 1. The molecule has 398 valence electrons. The highest BCUT2D eigenvalue weighted by Crippen LogP contribution is 2.72. The highest BCUT2D eigenvalue weighted by Gasteiger charge is 2.78. The molecule has 4 amide bonds. The maximum atomic E-state index is 14.5. The predicted octanol–water partition coefficient (Wildman–Crippen LogP) is 8.65. The SMILES string of the molecule is CN1C(=O)C23CC4(c5c[nH]c6ccccc56)c5ccccc5N(c5ccccc5)[C@@H]4N2C(=O)[C@H]1SCS3.CN1C(=O)[C@@]23C[C@]4(C5=CCc6ccccc65)c5ccccc5N(S(=O)(=O)c5ccccc5)[C@@H]4N2C(=O)[C@@H]1SS3.O=S=O. The van der Waals surface area contributed by atoms with Crippen molar-refractivity contribution in [2.24, 2.45) is 0 Å². The number of benzene rings is 6. The average molecular weight is 1160 g/mol. The normalized spacial score (nSPS) is 29.2. The lowest BCUT2D eigenvalue weighted by Gasteiger charge is -2.53. The topological polar surface area (TPSA) is 172 Å². The molecular weight excluding hydrogens is 1120 g/mol. The molecule has 11 aliphatic rings. The van der Waals surface area contributed by atoms with Crippen molar-refractivity contribution in [1.82, 2.24) is 24.6 Å². The molecule has 11 heterocycles. The van der Waals surface area contributed by atoms with Crippen LogP contribution >= 0.6 is 45.1 Å². The maximum absolute atomic E-state index is 14.5. The van der Waals surface area contributed by atoms with Crippen molar-refractivity contribution in [2.45, 2.75) is 67.8 Å². The minimum absolute atomic E-state index is 0.0255. The summed E-state index contributed by atoms with van der Waals surface area (Å²) < 4.78 is 47.1. The van der Waals surface area contributed by atoms with Gasteiger partial charge in [-0.1, -0.05) is 143 Å². The number of hydrogen-bond donors (Lipinski definition) is 1. The Morgan fingerprint density at radius 2 is 1.20 bits per heavy atom. The van der Waals surface area contributed by atoms with Gasteiger partial charge < -0.3 is 19.7 Å². The van der Waals surface area contributed by atoms with Gasteiger partial charge in [-0.2, -0.15) is 8.42 Å². The Hall–Kier alpha value is -6.75. The lowest BCUT2D eigenvalue weighted by molar-refractivity contribution is -0.158. The van der Waals surface area contributed by atoms with Crippen LogP contribution in [0.1, 0.15) is 40.7 Å². The molecule has 0 saturated carbocycles. The van der Waals surface area contributed by atoms with E-state index in [-0.39, 0.29) is 34.7 Å². The van der Waals surface area contributed by atoms with Gasteiger partial charge in [0.2, 0.25) is 0 Å². The molecule has 8 fully saturated rings. The Labute approximate surface area is 475 Å². The summed E-state index contributed by atoms with van der Waals surface area (Å²) in [7, 11) is 2.16. The van der Waals surface area contributed by atoms with Crippen molar-refractivity contribution in [3.05, 3.63) is 198 Å². The van der Waals surface area contributed by atoms with Crippen LogP contribution in [0.2, 0.25) is 0 Å². The molecule has 1 aromatic heterocycles. The first-order chi connectivity index (χ1) is 38.3. The van der Waals surface area contributed by atoms with Crippen LogP contribution in [-0.4, -0.2) is 117 Å². The fourth-order valence-electron chi connectivity index (χ4n) is 14.3. The number of nitrogens with zero attached hydrogens (tertiary/aromatic N) is 6. The first-order valence-electron chi connectivity index (χ1n) is 25.5. The number of carbonyl (C=O) groups excluding carboxylic acids is 4. The summed E-state index contributed by atoms with van der Waals surface area (Å²) in [6, 6.07) is 51.2. The third-order valence-corrected chi connectivity index (χ3v) is 25.2. The molecule has 1 aliphatic carbocycles. The zero-order valence-corrected chi connectivity index (χ0v) is 47.1. The van der Waals surface area contributed by atoms with Gasteiger partial charge in [-0.25, -0.2) is 12.7 Å². The van der Waals surface area contributed by atoms with Crippen LogP contribution in [-0.2, 0) is 58.0 Å². The second-order valence-electron chi connectivity index (χ2n) is 20.8. The minimum Gasteiger partial charge on any atom is -0.361 e. The zero-order chi connectivity index (χ0) is 54.4. The molecule has 18 rings (SSSR count). The van der Waals surface area contributed by atoms with Gasteiger partial charge in [-0.15, -0.1) is 23.5 Å². The van der Waals surface area contributed by atoms with E-state index in [2.05, 4.69) is 88.9 Å². The van der Waals surface area contributed by atoms with Crippen molar-refractivity contribution in [1.29, 1.82) is 0 Å². The number of anilines is 3. The molecule has 10 aliphatic heterocycles. The average Bonchev–Trinajstić information content (AvgIpc) is 1.81.